The van der Waals surface area contributed by atoms with Crippen molar-refractivity contribution in [1.29, 1.82) is 0 Å². The van der Waals surface area contributed by atoms with Gasteiger partial charge in [0.1, 0.15) is 11.9 Å². The number of carbonyl (C=O) groups is 1. The van der Waals surface area contributed by atoms with Gasteiger partial charge >= 0.3 is 0 Å². The molecule has 178 valence electrons. The fraction of sp³-hybridized carbons (Fsp3) is 0.522. The molecule has 2 aliphatic rings. The van der Waals surface area contributed by atoms with Gasteiger partial charge in [-0.2, -0.15) is 0 Å². The summed E-state index contributed by atoms with van der Waals surface area (Å²) in [5.74, 6) is 0.0113. The zero-order valence-corrected chi connectivity index (χ0v) is 20.0. The molecule has 1 aromatic heterocycles. The number of likely N-dealkylation sites (tertiary alicyclic amines) is 1. The van der Waals surface area contributed by atoms with Gasteiger partial charge in [0, 0.05) is 44.3 Å². The van der Waals surface area contributed by atoms with Crippen LogP contribution >= 0.6 is 0 Å². The van der Waals surface area contributed by atoms with Crippen molar-refractivity contribution in [2.75, 3.05) is 36.1 Å². The van der Waals surface area contributed by atoms with Gasteiger partial charge < -0.3 is 15.1 Å². The second kappa shape index (κ2) is 9.24. The number of halogens is 1. The first kappa shape index (κ1) is 23.4. The molecule has 10 heteroatoms. The Labute approximate surface area is 194 Å². The minimum absolute atomic E-state index is 0.0370. The molecule has 1 N–H and O–H groups in total. The summed E-state index contributed by atoms with van der Waals surface area (Å²) in [6.07, 6.45) is 7.91. The van der Waals surface area contributed by atoms with Crippen LogP contribution in [0.1, 0.15) is 37.3 Å². The third-order valence-corrected chi connectivity index (χ3v) is 7.76. The number of piperidine rings is 1. The zero-order valence-electron chi connectivity index (χ0n) is 19.2. The second-order valence-electron chi connectivity index (χ2n) is 8.85. The molecule has 2 saturated heterocycles. The van der Waals surface area contributed by atoms with Crippen LogP contribution in [0.4, 0.5) is 16.0 Å². The van der Waals surface area contributed by atoms with E-state index in [0.717, 1.165) is 56.2 Å². The third kappa shape index (κ3) is 4.95. The lowest BCUT2D eigenvalue weighted by atomic mass is 10.0. The average molecular weight is 476 g/mol. The van der Waals surface area contributed by atoms with Crippen LogP contribution in [0.3, 0.4) is 0 Å². The van der Waals surface area contributed by atoms with Gasteiger partial charge in [-0.05, 0) is 55.9 Å². The quantitative estimate of drug-likeness (QED) is 0.686. The normalized spacial score (nSPS) is 19.9. The van der Waals surface area contributed by atoms with Gasteiger partial charge in [0.05, 0.1) is 10.6 Å². The van der Waals surface area contributed by atoms with E-state index >= 15 is 0 Å². The predicted molar refractivity (Wildman–Crippen MR) is 125 cm³/mol. The highest BCUT2D eigenvalue weighted by Crippen LogP contribution is 2.28. The smallest absolute Gasteiger partial charge is 0.245 e. The Hall–Kier alpha value is -2.75. The van der Waals surface area contributed by atoms with Gasteiger partial charge in [-0.15, -0.1) is 0 Å². The maximum absolute atomic E-state index is 14.6. The summed E-state index contributed by atoms with van der Waals surface area (Å²) in [7, 11) is -3.52. The molecule has 1 atom stereocenters. The molecule has 2 aliphatic heterocycles. The van der Waals surface area contributed by atoms with Crippen LogP contribution < -0.4 is 10.2 Å². The van der Waals surface area contributed by atoms with E-state index in [1.165, 1.54) is 6.07 Å². The largest absolute Gasteiger partial charge is 0.371 e. The highest BCUT2D eigenvalue weighted by Gasteiger charge is 2.37. The molecule has 0 radical (unpaired) electrons. The van der Waals surface area contributed by atoms with Gasteiger partial charge in [0.2, 0.25) is 11.9 Å². The molecule has 0 bridgehead atoms. The Bertz CT molecular complexity index is 1130. The van der Waals surface area contributed by atoms with E-state index in [1.54, 1.807) is 6.92 Å². The molecule has 0 unspecified atom stereocenters. The van der Waals surface area contributed by atoms with Crippen molar-refractivity contribution in [3.63, 3.8) is 0 Å². The number of anilines is 2. The number of hydrogen-bond acceptors (Lipinski definition) is 7. The number of aryl methyl sites for hydroxylation is 2. The van der Waals surface area contributed by atoms with Crippen molar-refractivity contribution >= 4 is 27.4 Å². The Morgan fingerprint density at radius 1 is 1.12 bits per heavy atom. The number of rotatable bonds is 6. The van der Waals surface area contributed by atoms with Crippen LogP contribution in [-0.4, -0.2) is 67.2 Å². The van der Waals surface area contributed by atoms with Crippen molar-refractivity contribution in [2.24, 2.45) is 0 Å². The summed E-state index contributed by atoms with van der Waals surface area (Å²) in [6.45, 7) is 5.86. The van der Waals surface area contributed by atoms with Crippen LogP contribution in [0, 0.1) is 12.7 Å². The highest BCUT2D eigenvalue weighted by molar-refractivity contribution is 7.90. The van der Waals surface area contributed by atoms with Crippen LogP contribution in [-0.2, 0) is 21.1 Å². The summed E-state index contributed by atoms with van der Waals surface area (Å²) < 4.78 is 38.2. The average Bonchev–Trinajstić information content (AvgIpc) is 3.15. The maximum atomic E-state index is 14.6. The number of carbonyl (C=O) groups excluding carboxylic acids is 1. The van der Waals surface area contributed by atoms with Crippen LogP contribution in [0.15, 0.2) is 29.4 Å². The zero-order chi connectivity index (χ0) is 23.8. The molecule has 8 nitrogen and oxygen atoms in total. The van der Waals surface area contributed by atoms with Crippen LogP contribution in [0.5, 0.6) is 0 Å². The Morgan fingerprint density at radius 2 is 1.79 bits per heavy atom. The Morgan fingerprint density at radius 3 is 2.39 bits per heavy atom. The number of nitrogens with zero attached hydrogens (tertiary/aromatic N) is 4. The van der Waals surface area contributed by atoms with E-state index in [4.69, 9.17) is 0 Å². The maximum Gasteiger partial charge on any atom is 0.245 e. The lowest BCUT2D eigenvalue weighted by Gasteiger charge is -2.36. The summed E-state index contributed by atoms with van der Waals surface area (Å²) >= 11 is 0. The summed E-state index contributed by atoms with van der Waals surface area (Å²) in [5, 5.41) is 3.00. The number of aromatic nitrogens is 2. The minimum atomic E-state index is -3.52. The number of amides is 1. The molecule has 2 aromatic rings. The molecule has 0 aliphatic carbocycles. The van der Waals surface area contributed by atoms with Gasteiger partial charge in [0.25, 0.3) is 0 Å². The van der Waals surface area contributed by atoms with E-state index in [9.17, 15) is 17.6 Å². The summed E-state index contributed by atoms with van der Waals surface area (Å²) in [4.78, 5) is 26.0. The molecule has 1 amide bonds. The van der Waals surface area contributed by atoms with Gasteiger partial charge in [-0.1, -0.05) is 6.92 Å². The van der Waals surface area contributed by atoms with Crippen molar-refractivity contribution in [3.8, 4) is 0 Å². The lowest BCUT2D eigenvalue weighted by molar-refractivity contribution is -0.130. The molecular weight excluding hydrogens is 445 g/mol. The van der Waals surface area contributed by atoms with E-state index < -0.39 is 21.7 Å². The number of hydrogen-bond donors (Lipinski definition) is 1. The third-order valence-electron chi connectivity index (χ3n) is 6.52. The molecular formula is C23H30FN5O3S. The number of sulfone groups is 1. The molecule has 4 rings (SSSR count). The van der Waals surface area contributed by atoms with Crippen LogP contribution in [0.2, 0.25) is 0 Å². The fourth-order valence-corrected chi connectivity index (χ4v) is 5.59. The molecule has 2 fully saturated rings. The van der Waals surface area contributed by atoms with Crippen molar-refractivity contribution in [3.05, 3.63) is 41.5 Å². The Kier molecular flexibility index (Phi) is 6.56. The molecule has 33 heavy (non-hydrogen) atoms. The van der Waals surface area contributed by atoms with E-state index in [1.807, 2.05) is 17.3 Å². The minimum Gasteiger partial charge on any atom is -0.371 e. The first-order chi connectivity index (χ1) is 15.7. The van der Waals surface area contributed by atoms with Crippen molar-refractivity contribution in [1.82, 2.24) is 14.9 Å². The van der Waals surface area contributed by atoms with Gasteiger partial charge in [-0.25, -0.2) is 22.8 Å². The first-order valence-electron chi connectivity index (χ1n) is 11.3. The Balaban J connectivity index is 1.37. The highest BCUT2D eigenvalue weighted by atomic mass is 32.2. The number of nitrogens with one attached hydrogen (secondary N) is 1. The number of benzene rings is 1. The predicted octanol–water partition coefficient (Wildman–Crippen LogP) is 2.57. The van der Waals surface area contributed by atoms with E-state index in [2.05, 4.69) is 27.1 Å². The van der Waals surface area contributed by atoms with Gasteiger partial charge in [0.15, 0.2) is 9.84 Å². The van der Waals surface area contributed by atoms with E-state index in [0.29, 0.717) is 18.5 Å². The van der Waals surface area contributed by atoms with Crippen molar-refractivity contribution < 1.29 is 17.6 Å². The van der Waals surface area contributed by atoms with E-state index in [-0.39, 0.29) is 22.5 Å². The topological polar surface area (TPSA) is 95.5 Å². The molecule has 0 spiro atoms. The molecule has 3 heterocycles. The first-order valence-corrected chi connectivity index (χ1v) is 13.2. The standard InChI is InChI=1S/C23H30FN5O3S/c1-4-16-13-25-23(26-14-16)28-8-5-17(6-9-28)29-10-7-19(22(29)30)27-20-11-15(2)21(12-18(20)24)33(3,31)32/h11-14,17,19,27H,4-10H2,1-3H3/t19-/m0/s1. The van der Waals surface area contributed by atoms with Crippen LogP contribution in [0.25, 0.3) is 0 Å². The second-order valence-corrected chi connectivity index (χ2v) is 10.8. The molecule has 1 aromatic carbocycles. The summed E-state index contributed by atoms with van der Waals surface area (Å²) in [6, 6.07) is 2.10. The lowest BCUT2D eigenvalue weighted by Crippen LogP contribution is -2.47. The SMILES string of the molecule is CCc1cnc(N2CCC(N3CC[C@H](Nc4cc(C)c(S(C)(=O)=O)cc4F)C3=O)CC2)nc1. The van der Waals surface area contributed by atoms with Crippen molar-refractivity contribution in [2.45, 2.75) is 56.5 Å². The van der Waals surface area contributed by atoms with Gasteiger partial charge in [-0.3, -0.25) is 4.79 Å². The molecule has 0 saturated carbocycles. The monoisotopic (exact) mass is 475 g/mol. The fourth-order valence-electron chi connectivity index (χ4n) is 4.63. The summed E-state index contributed by atoms with van der Waals surface area (Å²) in [5.41, 5.74) is 1.71.